The third kappa shape index (κ3) is 5.16. The van der Waals surface area contributed by atoms with Crippen molar-refractivity contribution >= 4 is 45.7 Å². The molecule has 0 aromatic heterocycles. The molecule has 1 aliphatic rings. The van der Waals surface area contributed by atoms with Crippen LogP contribution in [0.5, 0.6) is 11.5 Å². The molecular formula is C29H21NO5S. The molecule has 0 radical (unpaired) electrons. The van der Waals surface area contributed by atoms with Crippen LogP contribution < -0.4 is 9.47 Å². The smallest absolute Gasteiger partial charge is 0.344 e. The summed E-state index contributed by atoms with van der Waals surface area (Å²) >= 11 is 0.876. The first-order valence-corrected chi connectivity index (χ1v) is 12.1. The van der Waals surface area contributed by atoms with Crippen molar-refractivity contribution in [2.24, 2.45) is 0 Å². The maximum atomic E-state index is 12.9. The fourth-order valence-corrected chi connectivity index (χ4v) is 4.71. The van der Waals surface area contributed by atoms with E-state index >= 15 is 0 Å². The van der Waals surface area contributed by atoms with Crippen molar-refractivity contribution in [2.75, 3.05) is 13.2 Å². The predicted molar refractivity (Wildman–Crippen MR) is 140 cm³/mol. The minimum atomic E-state index is -0.470. The standard InChI is InChI=1S/C29H21NO5S/c31-27-26(36-29(33)30(27)16-17-34-22-11-2-1-3-12-22)19-20-8-6-13-23(18-20)35-28(32)25-15-7-10-21-9-4-5-14-24(21)25/h1-15,18-19H,16-17H2/b26-19-. The van der Waals surface area contributed by atoms with Crippen molar-refractivity contribution in [3.05, 3.63) is 113 Å². The molecular weight excluding hydrogens is 474 g/mol. The molecule has 1 aliphatic heterocycles. The molecule has 178 valence electrons. The van der Waals surface area contributed by atoms with Crippen molar-refractivity contribution in [1.29, 1.82) is 0 Å². The number of hydrogen-bond acceptors (Lipinski definition) is 6. The molecule has 0 unspecified atom stereocenters. The zero-order valence-electron chi connectivity index (χ0n) is 19.1. The molecule has 2 amide bonds. The molecule has 4 aromatic rings. The fraction of sp³-hybridized carbons (Fsp3) is 0.0690. The Morgan fingerprint density at radius 2 is 1.56 bits per heavy atom. The summed E-state index contributed by atoms with van der Waals surface area (Å²) in [6.45, 7) is 0.356. The van der Waals surface area contributed by atoms with E-state index in [-0.39, 0.29) is 24.3 Å². The molecule has 0 aliphatic carbocycles. The van der Waals surface area contributed by atoms with E-state index in [4.69, 9.17) is 9.47 Å². The van der Waals surface area contributed by atoms with Crippen LogP contribution in [0.4, 0.5) is 4.79 Å². The number of para-hydroxylation sites is 1. The Balaban J connectivity index is 1.27. The van der Waals surface area contributed by atoms with Gasteiger partial charge in [0.15, 0.2) is 0 Å². The number of amides is 2. The molecule has 0 N–H and O–H groups in total. The van der Waals surface area contributed by atoms with E-state index in [1.165, 1.54) is 4.90 Å². The predicted octanol–water partition coefficient (Wildman–Crippen LogP) is 6.17. The topological polar surface area (TPSA) is 72.9 Å². The molecule has 1 heterocycles. The minimum absolute atomic E-state index is 0.152. The zero-order chi connectivity index (χ0) is 24.9. The Labute approximate surface area is 212 Å². The Morgan fingerprint density at radius 3 is 2.42 bits per heavy atom. The lowest BCUT2D eigenvalue weighted by Crippen LogP contribution is -2.32. The van der Waals surface area contributed by atoms with Crippen LogP contribution in [-0.2, 0) is 4.79 Å². The summed E-state index contributed by atoms with van der Waals surface area (Å²) in [5.74, 6) is 0.176. The number of benzene rings is 4. The summed E-state index contributed by atoms with van der Waals surface area (Å²) in [6.07, 6.45) is 1.62. The lowest BCUT2D eigenvalue weighted by atomic mass is 10.0. The van der Waals surface area contributed by atoms with Gasteiger partial charge >= 0.3 is 5.97 Å². The highest BCUT2D eigenvalue weighted by Gasteiger charge is 2.34. The summed E-state index contributed by atoms with van der Waals surface area (Å²) < 4.78 is 11.2. The Hall–Kier alpha value is -4.36. The first kappa shape index (κ1) is 23.4. The molecule has 36 heavy (non-hydrogen) atoms. The Kier molecular flexibility index (Phi) is 6.82. The average molecular weight is 496 g/mol. The van der Waals surface area contributed by atoms with Crippen LogP contribution in [0.25, 0.3) is 16.8 Å². The number of carbonyl (C=O) groups excluding carboxylic acids is 3. The van der Waals surface area contributed by atoms with Gasteiger partial charge < -0.3 is 9.47 Å². The van der Waals surface area contributed by atoms with Crippen molar-refractivity contribution in [3.8, 4) is 11.5 Å². The van der Waals surface area contributed by atoms with E-state index < -0.39 is 5.97 Å². The SMILES string of the molecule is O=C(Oc1cccc(/C=C2\SC(=O)N(CCOc3ccccc3)C2=O)c1)c1cccc2ccccc12. The maximum Gasteiger partial charge on any atom is 0.344 e. The number of rotatable bonds is 7. The fourth-order valence-electron chi connectivity index (χ4n) is 3.85. The molecule has 0 atom stereocenters. The van der Waals surface area contributed by atoms with Gasteiger partial charge in [0.05, 0.1) is 17.0 Å². The van der Waals surface area contributed by atoms with Crippen molar-refractivity contribution < 1.29 is 23.9 Å². The van der Waals surface area contributed by atoms with E-state index in [0.29, 0.717) is 27.5 Å². The maximum absolute atomic E-state index is 12.9. The summed E-state index contributed by atoms with van der Waals surface area (Å²) in [6, 6.07) is 29.2. The summed E-state index contributed by atoms with van der Waals surface area (Å²) in [5, 5.41) is 1.41. The molecule has 6 nitrogen and oxygen atoms in total. The third-order valence-corrected chi connectivity index (χ3v) is 6.48. The summed E-state index contributed by atoms with van der Waals surface area (Å²) in [4.78, 5) is 39.6. The second-order valence-corrected chi connectivity index (χ2v) is 8.98. The van der Waals surface area contributed by atoms with Gasteiger partial charge in [-0.05, 0) is 64.5 Å². The normalized spacial score (nSPS) is 14.4. The van der Waals surface area contributed by atoms with Gasteiger partial charge in [-0.25, -0.2) is 4.79 Å². The van der Waals surface area contributed by atoms with E-state index in [9.17, 15) is 14.4 Å². The van der Waals surface area contributed by atoms with E-state index in [1.807, 2.05) is 66.7 Å². The number of fused-ring (bicyclic) bond motifs is 1. The van der Waals surface area contributed by atoms with Gasteiger partial charge in [-0.2, -0.15) is 0 Å². The number of nitrogens with zero attached hydrogens (tertiary/aromatic N) is 1. The van der Waals surface area contributed by atoms with Crippen LogP contribution in [0.2, 0.25) is 0 Å². The van der Waals surface area contributed by atoms with Gasteiger partial charge in [-0.15, -0.1) is 0 Å². The van der Waals surface area contributed by atoms with Crippen molar-refractivity contribution in [2.45, 2.75) is 0 Å². The van der Waals surface area contributed by atoms with Crippen LogP contribution in [0.3, 0.4) is 0 Å². The third-order valence-electron chi connectivity index (χ3n) is 5.58. The molecule has 4 aromatic carbocycles. The van der Waals surface area contributed by atoms with Crippen LogP contribution >= 0.6 is 11.8 Å². The van der Waals surface area contributed by atoms with Crippen LogP contribution in [0, 0.1) is 0 Å². The largest absolute Gasteiger partial charge is 0.492 e. The first-order chi connectivity index (χ1) is 17.6. The number of ether oxygens (including phenoxy) is 2. The second kappa shape index (κ2) is 10.5. The van der Waals surface area contributed by atoms with Crippen molar-refractivity contribution in [1.82, 2.24) is 4.90 Å². The molecule has 7 heteroatoms. The van der Waals surface area contributed by atoms with Gasteiger partial charge in [0, 0.05) is 0 Å². The van der Waals surface area contributed by atoms with Gasteiger partial charge in [0.2, 0.25) is 0 Å². The zero-order valence-corrected chi connectivity index (χ0v) is 19.9. The Bertz CT molecular complexity index is 1480. The lowest BCUT2D eigenvalue weighted by molar-refractivity contribution is -0.123. The van der Waals surface area contributed by atoms with Gasteiger partial charge in [-0.1, -0.05) is 66.7 Å². The molecule has 0 saturated carbocycles. The number of imide groups is 1. The number of carbonyl (C=O) groups is 3. The van der Waals surface area contributed by atoms with Gasteiger partial charge in [0.1, 0.15) is 18.1 Å². The number of hydrogen-bond donors (Lipinski definition) is 0. The summed E-state index contributed by atoms with van der Waals surface area (Å²) in [7, 11) is 0. The van der Waals surface area contributed by atoms with E-state index in [1.54, 1.807) is 36.4 Å². The highest BCUT2D eigenvalue weighted by Crippen LogP contribution is 2.32. The molecule has 0 bridgehead atoms. The quantitative estimate of drug-likeness (QED) is 0.173. The minimum Gasteiger partial charge on any atom is -0.492 e. The summed E-state index contributed by atoms with van der Waals surface area (Å²) in [5.41, 5.74) is 1.11. The molecule has 5 rings (SSSR count). The average Bonchev–Trinajstić information content (AvgIpc) is 3.16. The lowest BCUT2D eigenvalue weighted by Gasteiger charge is -2.13. The van der Waals surface area contributed by atoms with Gasteiger partial charge in [-0.3, -0.25) is 14.5 Å². The first-order valence-electron chi connectivity index (χ1n) is 11.3. The van der Waals surface area contributed by atoms with E-state index in [0.717, 1.165) is 22.5 Å². The molecule has 1 saturated heterocycles. The monoisotopic (exact) mass is 495 g/mol. The highest BCUT2D eigenvalue weighted by atomic mass is 32.2. The van der Waals surface area contributed by atoms with E-state index in [2.05, 4.69) is 0 Å². The van der Waals surface area contributed by atoms with Crippen LogP contribution in [-0.4, -0.2) is 35.2 Å². The van der Waals surface area contributed by atoms with Crippen molar-refractivity contribution in [3.63, 3.8) is 0 Å². The Morgan fingerprint density at radius 1 is 0.833 bits per heavy atom. The van der Waals surface area contributed by atoms with Crippen LogP contribution in [0.1, 0.15) is 15.9 Å². The van der Waals surface area contributed by atoms with Gasteiger partial charge in [0.25, 0.3) is 11.1 Å². The van der Waals surface area contributed by atoms with Crippen LogP contribution in [0.15, 0.2) is 102 Å². The highest BCUT2D eigenvalue weighted by molar-refractivity contribution is 8.18. The number of esters is 1. The second-order valence-electron chi connectivity index (χ2n) is 7.98. The number of thioether (sulfide) groups is 1. The molecule has 1 fully saturated rings. The molecule has 0 spiro atoms.